The van der Waals surface area contributed by atoms with Gasteiger partial charge in [0.25, 0.3) is 0 Å². The highest BCUT2D eigenvalue weighted by Gasteiger charge is 2.08. The van der Waals surface area contributed by atoms with Crippen molar-refractivity contribution in [3.63, 3.8) is 0 Å². The fourth-order valence-corrected chi connectivity index (χ4v) is 1.48. The van der Waals surface area contributed by atoms with Gasteiger partial charge in [0, 0.05) is 11.8 Å². The van der Waals surface area contributed by atoms with E-state index in [9.17, 15) is 0 Å². The summed E-state index contributed by atoms with van der Waals surface area (Å²) in [5.41, 5.74) is 3.56. The summed E-state index contributed by atoms with van der Waals surface area (Å²) >= 11 is 0. The molecule has 1 N–H and O–H groups in total. The number of aromatic nitrogens is 2. The lowest BCUT2D eigenvalue weighted by Crippen LogP contribution is -2.03. The zero-order valence-corrected chi connectivity index (χ0v) is 10.8. The molecule has 88 valence electrons. The first-order valence-corrected chi connectivity index (χ1v) is 5.79. The Labute approximate surface area is 98.0 Å². The maximum Gasteiger partial charge on any atom is 0.136 e. The second-order valence-corrected chi connectivity index (χ2v) is 4.38. The van der Waals surface area contributed by atoms with Gasteiger partial charge in [-0.2, -0.15) is 0 Å². The number of rotatable bonds is 4. The molecule has 1 heterocycles. The van der Waals surface area contributed by atoms with E-state index in [0.29, 0.717) is 5.92 Å². The molecule has 0 unspecified atom stereocenters. The molecule has 0 saturated carbocycles. The fourth-order valence-electron chi connectivity index (χ4n) is 1.48. The Bertz CT molecular complexity index is 381. The maximum atomic E-state index is 4.31. The van der Waals surface area contributed by atoms with E-state index in [1.54, 1.807) is 6.33 Å². The van der Waals surface area contributed by atoms with Gasteiger partial charge in [-0.15, -0.1) is 0 Å². The summed E-state index contributed by atoms with van der Waals surface area (Å²) in [5, 5.41) is 3.25. The predicted molar refractivity (Wildman–Crippen MR) is 68.5 cm³/mol. The molecule has 0 amide bonds. The minimum absolute atomic E-state index is 0.430. The Morgan fingerprint density at radius 3 is 2.69 bits per heavy atom. The van der Waals surface area contributed by atoms with Crippen LogP contribution in [0.3, 0.4) is 0 Å². The van der Waals surface area contributed by atoms with E-state index in [1.165, 1.54) is 5.57 Å². The minimum Gasteiger partial charge on any atom is -0.346 e. The Hall–Kier alpha value is -1.38. The number of hydrogen-bond donors (Lipinski definition) is 1. The Balaban J connectivity index is 2.93. The van der Waals surface area contributed by atoms with Crippen molar-refractivity contribution in [1.29, 1.82) is 0 Å². The third kappa shape index (κ3) is 3.05. The minimum atomic E-state index is 0.430. The molecule has 0 aliphatic rings. The Morgan fingerprint density at radius 2 is 2.12 bits per heavy atom. The van der Waals surface area contributed by atoms with Crippen LogP contribution in [0.1, 0.15) is 51.3 Å². The van der Waals surface area contributed by atoms with E-state index in [1.807, 2.05) is 6.20 Å². The Morgan fingerprint density at radius 1 is 1.44 bits per heavy atom. The number of anilines is 1. The first kappa shape index (κ1) is 12.7. The van der Waals surface area contributed by atoms with Crippen molar-refractivity contribution in [2.24, 2.45) is 0 Å². The maximum absolute atomic E-state index is 4.31. The van der Waals surface area contributed by atoms with Gasteiger partial charge >= 0.3 is 0 Å². The highest BCUT2D eigenvalue weighted by Crippen LogP contribution is 2.20. The lowest BCUT2D eigenvalue weighted by atomic mass is 10.1. The van der Waals surface area contributed by atoms with E-state index in [-0.39, 0.29) is 0 Å². The SMILES string of the molecule is CC/C(C)=C\Nc1ncnc(C(C)C)c1C. The third-order valence-corrected chi connectivity index (χ3v) is 2.68. The molecule has 3 nitrogen and oxygen atoms in total. The molecule has 16 heavy (non-hydrogen) atoms. The molecule has 0 fully saturated rings. The smallest absolute Gasteiger partial charge is 0.136 e. The van der Waals surface area contributed by atoms with Gasteiger partial charge in [0.2, 0.25) is 0 Å². The van der Waals surface area contributed by atoms with E-state index < -0.39 is 0 Å². The van der Waals surface area contributed by atoms with Crippen molar-refractivity contribution in [2.45, 2.75) is 47.0 Å². The van der Waals surface area contributed by atoms with Crippen LogP contribution in [0.15, 0.2) is 18.1 Å². The fraction of sp³-hybridized carbons (Fsp3) is 0.538. The molecule has 0 radical (unpaired) electrons. The predicted octanol–water partition coefficient (Wildman–Crippen LogP) is 3.63. The van der Waals surface area contributed by atoms with Gasteiger partial charge in [0.15, 0.2) is 0 Å². The van der Waals surface area contributed by atoms with Crippen molar-refractivity contribution in [3.05, 3.63) is 29.4 Å². The van der Waals surface area contributed by atoms with E-state index >= 15 is 0 Å². The first-order chi connectivity index (χ1) is 7.56. The molecule has 0 saturated heterocycles. The van der Waals surface area contributed by atoms with Crippen LogP contribution in [0, 0.1) is 6.92 Å². The zero-order valence-electron chi connectivity index (χ0n) is 10.8. The van der Waals surface area contributed by atoms with Crippen LogP contribution in [0.25, 0.3) is 0 Å². The summed E-state index contributed by atoms with van der Waals surface area (Å²) in [6.07, 6.45) is 4.69. The van der Waals surface area contributed by atoms with Crippen LogP contribution in [0.5, 0.6) is 0 Å². The monoisotopic (exact) mass is 219 g/mol. The van der Waals surface area contributed by atoms with Crippen LogP contribution < -0.4 is 5.32 Å². The van der Waals surface area contributed by atoms with Crippen molar-refractivity contribution < 1.29 is 0 Å². The zero-order chi connectivity index (χ0) is 12.1. The average Bonchev–Trinajstić information content (AvgIpc) is 2.26. The Kier molecular flexibility index (Phi) is 4.47. The number of nitrogens with one attached hydrogen (secondary N) is 1. The van der Waals surface area contributed by atoms with Gasteiger partial charge < -0.3 is 5.32 Å². The lowest BCUT2D eigenvalue weighted by Gasteiger charge is -2.11. The third-order valence-electron chi connectivity index (χ3n) is 2.68. The number of hydrogen-bond acceptors (Lipinski definition) is 3. The molecule has 1 rings (SSSR count). The van der Waals surface area contributed by atoms with Gasteiger partial charge in [-0.3, -0.25) is 0 Å². The summed E-state index contributed by atoms with van der Waals surface area (Å²) in [6, 6.07) is 0. The van der Waals surface area contributed by atoms with Crippen molar-refractivity contribution in [3.8, 4) is 0 Å². The molecular formula is C13H21N3. The van der Waals surface area contributed by atoms with Gasteiger partial charge in [-0.1, -0.05) is 26.3 Å². The van der Waals surface area contributed by atoms with Crippen molar-refractivity contribution in [1.82, 2.24) is 9.97 Å². The van der Waals surface area contributed by atoms with E-state index in [4.69, 9.17) is 0 Å². The molecule has 1 aromatic rings. The second kappa shape index (κ2) is 5.64. The lowest BCUT2D eigenvalue weighted by molar-refractivity contribution is 0.803. The van der Waals surface area contributed by atoms with Crippen LogP contribution in [-0.4, -0.2) is 9.97 Å². The van der Waals surface area contributed by atoms with Crippen LogP contribution >= 0.6 is 0 Å². The normalized spacial score (nSPS) is 12.0. The quantitative estimate of drug-likeness (QED) is 0.840. The molecule has 0 aromatic carbocycles. The highest BCUT2D eigenvalue weighted by molar-refractivity contribution is 5.48. The van der Waals surface area contributed by atoms with E-state index in [2.05, 4.69) is 49.9 Å². The van der Waals surface area contributed by atoms with E-state index in [0.717, 1.165) is 23.5 Å². The molecule has 0 atom stereocenters. The largest absolute Gasteiger partial charge is 0.346 e. The first-order valence-electron chi connectivity index (χ1n) is 5.79. The summed E-state index contributed by atoms with van der Waals surface area (Å²) in [4.78, 5) is 8.57. The molecule has 0 aliphatic heterocycles. The van der Waals surface area contributed by atoms with Crippen LogP contribution in [0.2, 0.25) is 0 Å². The molecule has 3 heteroatoms. The van der Waals surface area contributed by atoms with Gasteiger partial charge in [0.1, 0.15) is 12.1 Å². The van der Waals surface area contributed by atoms with Crippen LogP contribution in [-0.2, 0) is 0 Å². The molecule has 0 bridgehead atoms. The molecule has 0 spiro atoms. The highest BCUT2D eigenvalue weighted by atomic mass is 15.0. The average molecular weight is 219 g/mol. The number of allylic oxidation sites excluding steroid dienone is 1. The second-order valence-electron chi connectivity index (χ2n) is 4.38. The van der Waals surface area contributed by atoms with Crippen LogP contribution in [0.4, 0.5) is 5.82 Å². The topological polar surface area (TPSA) is 37.8 Å². The summed E-state index contributed by atoms with van der Waals surface area (Å²) in [5.74, 6) is 1.34. The van der Waals surface area contributed by atoms with Gasteiger partial charge in [-0.05, 0) is 26.2 Å². The summed E-state index contributed by atoms with van der Waals surface area (Å²) in [6.45, 7) is 10.6. The van der Waals surface area contributed by atoms with Crippen molar-refractivity contribution >= 4 is 5.82 Å². The molecule has 0 aliphatic carbocycles. The molecule has 1 aromatic heterocycles. The molecular weight excluding hydrogens is 198 g/mol. The number of nitrogens with zero attached hydrogens (tertiary/aromatic N) is 2. The summed E-state index contributed by atoms with van der Waals surface area (Å²) < 4.78 is 0. The summed E-state index contributed by atoms with van der Waals surface area (Å²) in [7, 11) is 0. The van der Waals surface area contributed by atoms with Crippen molar-refractivity contribution in [2.75, 3.05) is 5.32 Å². The van der Waals surface area contributed by atoms with Gasteiger partial charge in [0.05, 0.1) is 5.69 Å². The van der Waals surface area contributed by atoms with Gasteiger partial charge in [-0.25, -0.2) is 9.97 Å². The standard InChI is InChI=1S/C13H21N3/c1-6-10(4)7-14-13-11(5)12(9(2)3)15-8-16-13/h7-9H,6H2,1-5H3,(H,14,15,16)/b10-7-.